The predicted octanol–water partition coefficient (Wildman–Crippen LogP) is -13.2. The van der Waals surface area contributed by atoms with E-state index in [0.29, 0.717) is 0 Å². The summed E-state index contributed by atoms with van der Waals surface area (Å²) in [7, 11) is 0. The first-order chi connectivity index (χ1) is 37.0. The van der Waals surface area contributed by atoms with Crippen molar-refractivity contribution in [1.29, 1.82) is 0 Å². The molecule has 0 fully saturated rings. The Morgan fingerprint density at radius 2 is 0.443 bits per heavy atom. The number of carbonyl (C=O) groups excluding carboxylic acids is 1. The van der Waals surface area contributed by atoms with Crippen LogP contribution in [0.1, 0.15) is 57.8 Å². The van der Waals surface area contributed by atoms with Gasteiger partial charge >= 0.3 is 5.97 Å². The Hall–Kier alpha value is -1.69. The van der Waals surface area contributed by atoms with Gasteiger partial charge in [-0.15, -0.1) is 0 Å². The van der Waals surface area contributed by atoms with Gasteiger partial charge in [0, 0.05) is 6.42 Å². The Morgan fingerprint density at radius 1 is 0.241 bits per heavy atom. The highest BCUT2D eigenvalue weighted by Crippen LogP contribution is 2.51. The molecule has 0 saturated heterocycles. The SMILES string of the molecule is O=C(OCC(O)CO)C(O)C(O)C(O)C(O)C(O)C(O)C(O)C(O)C(CC(O)CO)C(CC(O)CO)C(CC(O)CO)C(CC(O)CO)C(CC(O)CO)C(CC(O)CO)C(CC(O)CO)C(CC(O)CO)C(O)CC(O)CO. The van der Waals surface area contributed by atoms with Crippen molar-refractivity contribution in [3.05, 3.63) is 0 Å². The number of aliphatic hydroxyl groups excluding tert-OH is 29. The molecule has 0 aromatic carbocycles. The van der Waals surface area contributed by atoms with Crippen LogP contribution in [-0.4, -0.2) is 343 Å². The van der Waals surface area contributed by atoms with Crippen molar-refractivity contribution in [2.75, 3.05) is 72.7 Å². The number of carbonyl (C=O) groups is 1. The Balaban J connectivity index is 8.81. The molecule has 31 nitrogen and oxygen atoms in total. The first kappa shape index (κ1) is 77.3. The van der Waals surface area contributed by atoms with Gasteiger partial charge in [-0.05, 0) is 98.7 Å². The first-order valence-electron chi connectivity index (χ1n) is 26.2. The summed E-state index contributed by atoms with van der Waals surface area (Å²) in [6.07, 6.45) is -49.2. The van der Waals surface area contributed by atoms with Crippen molar-refractivity contribution in [3.63, 3.8) is 0 Å². The first-order valence-corrected chi connectivity index (χ1v) is 26.2. The van der Waals surface area contributed by atoms with Gasteiger partial charge in [0.1, 0.15) is 49.3 Å². The minimum atomic E-state index is -2.89. The highest BCUT2D eigenvalue weighted by atomic mass is 16.6. The number of hydrogen-bond donors (Lipinski definition) is 29. The minimum Gasteiger partial charge on any atom is -0.461 e. The molecule has 27 atom stereocenters. The fourth-order valence-electron chi connectivity index (χ4n) is 10.7. The second-order valence-electron chi connectivity index (χ2n) is 20.9. The topological polar surface area (TPSA) is 613 Å². The van der Waals surface area contributed by atoms with E-state index in [2.05, 4.69) is 4.74 Å². The number of ether oxygens (including phenoxy) is 1. The predicted molar refractivity (Wildman–Crippen MR) is 265 cm³/mol. The fourth-order valence-corrected chi connectivity index (χ4v) is 10.7. The van der Waals surface area contributed by atoms with E-state index < -0.39 is 300 Å². The van der Waals surface area contributed by atoms with Crippen LogP contribution in [0.4, 0.5) is 0 Å². The lowest BCUT2D eigenvalue weighted by Crippen LogP contribution is -2.58. The van der Waals surface area contributed by atoms with E-state index in [9.17, 15) is 148 Å². The molecule has 79 heavy (non-hydrogen) atoms. The van der Waals surface area contributed by atoms with Gasteiger partial charge in [0.05, 0.1) is 133 Å². The molecule has 0 saturated carbocycles. The van der Waals surface area contributed by atoms with E-state index in [-0.39, 0.29) is 0 Å². The summed E-state index contributed by atoms with van der Waals surface area (Å²) in [6, 6.07) is 0. The van der Waals surface area contributed by atoms with Crippen LogP contribution in [0.15, 0.2) is 0 Å². The standard InChI is InChI=1S/C48H96O31/c49-10-21(59)1-31(33(3-23(61)12-51)35(5-25(63)14-53)37(7-27(65)16-55)39(69)9-29(67)18-57)32(2-22(60)11-50)34(4-24(62)13-52)36(6-26(64)15-54)38(8-28(66)17-56)40(70)41(71)42(72)43(73)44(74)45(75)46(76)47(77)48(78)79-20-30(68)19-58/h21-47,49-77H,1-20H2. The Labute approximate surface area is 456 Å². The largest absolute Gasteiger partial charge is 0.461 e. The van der Waals surface area contributed by atoms with Crippen molar-refractivity contribution in [2.24, 2.45) is 47.3 Å². The third-order valence-corrected chi connectivity index (χ3v) is 14.8. The number of rotatable bonds is 47. The lowest BCUT2D eigenvalue weighted by Gasteiger charge is -2.50. The molecule has 474 valence electrons. The zero-order valence-electron chi connectivity index (χ0n) is 44.0. The summed E-state index contributed by atoms with van der Waals surface area (Å²) >= 11 is 0. The molecule has 0 aliphatic heterocycles. The van der Waals surface area contributed by atoms with E-state index in [1.165, 1.54) is 0 Å². The van der Waals surface area contributed by atoms with E-state index in [1.54, 1.807) is 0 Å². The van der Waals surface area contributed by atoms with Gasteiger partial charge in [0.25, 0.3) is 0 Å². The third kappa shape index (κ3) is 26.0. The molecule has 27 unspecified atom stereocenters. The van der Waals surface area contributed by atoms with E-state index >= 15 is 0 Å². The average Bonchev–Trinajstić information content (AvgIpc) is 3.45. The lowest BCUT2D eigenvalue weighted by atomic mass is 9.56. The van der Waals surface area contributed by atoms with Crippen molar-refractivity contribution >= 4 is 5.97 Å². The average molecular weight is 1170 g/mol. The maximum absolute atomic E-state index is 12.3. The molecule has 29 N–H and O–H groups in total. The molecular weight excluding hydrogens is 1070 g/mol. The van der Waals surface area contributed by atoms with E-state index in [0.717, 1.165) is 0 Å². The summed E-state index contributed by atoms with van der Waals surface area (Å²) in [5.41, 5.74) is 0. The Morgan fingerprint density at radius 3 is 0.722 bits per heavy atom. The number of aliphatic hydroxyl groups is 29. The molecule has 0 rings (SSSR count). The van der Waals surface area contributed by atoms with E-state index in [4.69, 9.17) is 5.11 Å². The summed E-state index contributed by atoms with van der Waals surface area (Å²) in [4.78, 5) is 12.3. The summed E-state index contributed by atoms with van der Waals surface area (Å²) in [6.45, 7) is -11.4. The normalized spacial score (nSPS) is 22.9. The summed E-state index contributed by atoms with van der Waals surface area (Å²) < 4.78 is 4.49. The minimum absolute atomic E-state index is 0.630. The van der Waals surface area contributed by atoms with Gasteiger partial charge in [-0.3, -0.25) is 0 Å². The van der Waals surface area contributed by atoms with Crippen LogP contribution in [0, 0.1) is 47.3 Å². The maximum atomic E-state index is 12.3. The molecule has 0 aromatic heterocycles. The molecule has 31 heteroatoms. The fraction of sp³-hybridized carbons (Fsp3) is 0.979. The highest BCUT2D eigenvalue weighted by Gasteiger charge is 2.51. The molecule has 0 radical (unpaired) electrons. The van der Waals surface area contributed by atoms with Crippen LogP contribution in [0.3, 0.4) is 0 Å². The summed E-state index contributed by atoms with van der Waals surface area (Å²) in [5, 5.41) is 311. The molecule has 0 amide bonds. The van der Waals surface area contributed by atoms with Crippen molar-refractivity contribution in [1.82, 2.24) is 0 Å². The number of hydrogen-bond acceptors (Lipinski definition) is 31. The van der Waals surface area contributed by atoms with Crippen LogP contribution in [0.2, 0.25) is 0 Å². The smallest absolute Gasteiger partial charge is 0.337 e. The van der Waals surface area contributed by atoms with E-state index in [1.807, 2.05) is 0 Å². The zero-order valence-corrected chi connectivity index (χ0v) is 44.0. The second-order valence-corrected chi connectivity index (χ2v) is 20.9. The van der Waals surface area contributed by atoms with Crippen molar-refractivity contribution in [3.8, 4) is 0 Å². The van der Waals surface area contributed by atoms with Gasteiger partial charge in [-0.1, -0.05) is 0 Å². The molecule has 0 bridgehead atoms. The molecule has 0 heterocycles. The maximum Gasteiger partial charge on any atom is 0.337 e. The lowest BCUT2D eigenvalue weighted by molar-refractivity contribution is -0.193. The van der Waals surface area contributed by atoms with Gasteiger partial charge in [-0.2, -0.15) is 0 Å². The van der Waals surface area contributed by atoms with Crippen LogP contribution >= 0.6 is 0 Å². The molecule has 0 aromatic rings. The monoisotopic (exact) mass is 1170 g/mol. The van der Waals surface area contributed by atoms with Gasteiger partial charge in [0.15, 0.2) is 6.10 Å². The van der Waals surface area contributed by atoms with Gasteiger partial charge in [-0.25, -0.2) is 4.79 Å². The molecule has 0 spiro atoms. The Kier molecular flexibility index (Phi) is 39.7. The van der Waals surface area contributed by atoms with Crippen molar-refractivity contribution < 1.29 is 158 Å². The van der Waals surface area contributed by atoms with Crippen LogP contribution in [0.5, 0.6) is 0 Å². The zero-order chi connectivity index (χ0) is 61.0. The van der Waals surface area contributed by atoms with Gasteiger partial charge < -0.3 is 153 Å². The van der Waals surface area contributed by atoms with Crippen molar-refractivity contribution in [2.45, 2.75) is 174 Å². The van der Waals surface area contributed by atoms with Crippen LogP contribution in [0.25, 0.3) is 0 Å². The third-order valence-electron chi connectivity index (χ3n) is 14.8. The Bertz CT molecular complexity index is 1530. The molecule has 0 aliphatic rings. The summed E-state index contributed by atoms with van der Waals surface area (Å²) in [5.74, 6) is -14.9. The number of esters is 1. The van der Waals surface area contributed by atoms with Crippen LogP contribution < -0.4 is 0 Å². The second kappa shape index (κ2) is 40.6. The van der Waals surface area contributed by atoms with Crippen LogP contribution in [-0.2, 0) is 9.53 Å². The quantitative estimate of drug-likeness (QED) is 0.0252. The molecule has 0 aliphatic carbocycles. The van der Waals surface area contributed by atoms with Gasteiger partial charge in [0.2, 0.25) is 0 Å². The highest BCUT2D eigenvalue weighted by molar-refractivity contribution is 5.75. The molecular formula is C48H96O31.